The van der Waals surface area contributed by atoms with Gasteiger partial charge in [-0.1, -0.05) is 6.58 Å². The van der Waals surface area contributed by atoms with Gasteiger partial charge in [0.1, 0.15) is 0 Å². The topological polar surface area (TPSA) is 67.4 Å². The third-order valence-corrected chi connectivity index (χ3v) is 4.28. The molecule has 1 saturated heterocycles. The molecular formula is C15H24N2O3. The molecule has 1 aliphatic carbocycles. The van der Waals surface area contributed by atoms with E-state index >= 15 is 0 Å². The van der Waals surface area contributed by atoms with Gasteiger partial charge in [-0.2, -0.15) is 0 Å². The van der Waals surface area contributed by atoms with Gasteiger partial charge in [-0.15, -0.1) is 0 Å². The van der Waals surface area contributed by atoms with Gasteiger partial charge in [0.2, 0.25) is 11.8 Å². The molecule has 2 N–H and O–H groups in total. The highest BCUT2D eigenvalue weighted by atomic mass is 16.5. The van der Waals surface area contributed by atoms with Crippen molar-refractivity contribution in [1.29, 1.82) is 0 Å². The van der Waals surface area contributed by atoms with E-state index in [0.29, 0.717) is 18.9 Å². The summed E-state index contributed by atoms with van der Waals surface area (Å²) < 4.78 is 5.87. The molecule has 1 unspecified atom stereocenters. The highest BCUT2D eigenvalue weighted by molar-refractivity contribution is 5.87. The Morgan fingerprint density at radius 3 is 2.80 bits per heavy atom. The molecule has 1 atom stereocenters. The highest BCUT2D eigenvalue weighted by Crippen LogP contribution is 2.43. The van der Waals surface area contributed by atoms with Gasteiger partial charge in [0.05, 0.1) is 5.60 Å². The summed E-state index contributed by atoms with van der Waals surface area (Å²) >= 11 is 0. The number of hydrogen-bond donors (Lipinski definition) is 2. The van der Waals surface area contributed by atoms with Crippen LogP contribution in [0.1, 0.15) is 38.5 Å². The first kappa shape index (κ1) is 15.0. The molecule has 20 heavy (non-hydrogen) atoms. The Kier molecular flexibility index (Phi) is 5.17. The third-order valence-electron chi connectivity index (χ3n) is 4.28. The quantitative estimate of drug-likeness (QED) is 0.717. The standard InChI is InChI=1S/C15H24N2O3/c1-2-13(18)16-8-4-14(19)17-11-12-5-9-20-15(10-12)6-3-7-15/h2,12H,1,3-11H2,(H,16,18)(H,17,19). The normalized spacial score (nSPS) is 23.7. The maximum atomic E-state index is 11.7. The fourth-order valence-electron chi connectivity index (χ4n) is 2.94. The minimum absolute atomic E-state index is 0.0106. The molecule has 1 aliphatic heterocycles. The molecule has 0 aromatic heterocycles. The van der Waals surface area contributed by atoms with Crippen molar-refractivity contribution in [3.63, 3.8) is 0 Å². The molecule has 1 spiro atoms. The molecular weight excluding hydrogens is 256 g/mol. The number of ether oxygens (including phenoxy) is 1. The summed E-state index contributed by atoms with van der Waals surface area (Å²) in [5, 5.41) is 5.55. The zero-order valence-electron chi connectivity index (χ0n) is 12.0. The highest BCUT2D eigenvalue weighted by Gasteiger charge is 2.42. The molecule has 0 aromatic carbocycles. The lowest BCUT2D eigenvalue weighted by Gasteiger charge is -2.47. The van der Waals surface area contributed by atoms with E-state index < -0.39 is 0 Å². The van der Waals surface area contributed by atoms with Crippen molar-refractivity contribution in [2.75, 3.05) is 19.7 Å². The summed E-state index contributed by atoms with van der Waals surface area (Å²) in [6.07, 6.45) is 7.22. The predicted octanol–water partition coefficient (Wildman–Crippen LogP) is 1.14. The van der Waals surface area contributed by atoms with Crippen molar-refractivity contribution in [3.05, 3.63) is 12.7 Å². The number of carbonyl (C=O) groups is 2. The maximum absolute atomic E-state index is 11.7. The Bertz CT molecular complexity index is 377. The van der Waals surface area contributed by atoms with Crippen LogP contribution < -0.4 is 10.6 Å². The van der Waals surface area contributed by atoms with Gasteiger partial charge in [-0.05, 0) is 44.1 Å². The SMILES string of the molecule is C=CC(=O)NCCC(=O)NCC1CCOC2(CCC2)C1. The first-order chi connectivity index (χ1) is 9.63. The molecule has 112 valence electrons. The Hall–Kier alpha value is -1.36. The van der Waals surface area contributed by atoms with Gasteiger partial charge in [0, 0.05) is 26.1 Å². The van der Waals surface area contributed by atoms with Crippen LogP contribution >= 0.6 is 0 Å². The Morgan fingerprint density at radius 2 is 2.15 bits per heavy atom. The van der Waals surface area contributed by atoms with E-state index in [0.717, 1.165) is 26.0 Å². The molecule has 2 amide bonds. The van der Waals surface area contributed by atoms with E-state index in [1.807, 2.05) is 0 Å². The predicted molar refractivity (Wildman–Crippen MR) is 76.1 cm³/mol. The second-order valence-electron chi connectivity index (χ2n) is 5.79. The number of rotatable bonds is 6. The van der Waals surface area contributed by atoms with Crippen molar-refractivity contribution in [2.45, 2.75) is 44.1 Å². The molecule has 1 heterocycles. The van der Waals surface area contributed by atoms with E-state index in [2.05, 4.69) is 17.2 Å². The maximum Gasteiger partial charge on any atom is 0.243 e. The number of hydrogen-bond acceptors (Lipinski definition) is 3. The molecule has 5 heteroatoms. The zero-order chi connectivity index (χ0) is 14.4. The van der Waals surface area contributed by atoms with Crippen LogP contribution in [0.2, 0.25) is 0 Å². The second kappa shape index (κ2) is 6.88. The number of carbonyl (C=O) groups excluding carboxylic acids is 2. The van der Waals surface area contributed by atoms with Gasteiger partial charge >= 0.3 is 0 Å². The Balaban J connectivity index is 1.60. The first-order valence-electron chi connectivity index (χ1n) is 7.44. The van der Waals surface area contributed by atoms with Crippen LogP contribution in [0.4, 0.5) is 0 Å². The van der Waals surface area contributed by atoms with Crippen LogP contribution in [0.5, 0.6) is 0 Å². The molecule has 2 aliphatic rings. The summed E-state index contributed by atoms with van der Waals surface area (Å²) in [4.78, 5) is 22.6. The van der Waals surface area contributed by atoms with E-state index in [-0.39, 0.29) is 17.4 Å². The Labute approximate surface area is 120 Å². The van der Waals surface area contributed by atoms with Gasteiger partial charge in [-0.3, -0.25) is 9.59 Å². The average Bonchev–Trinajstić information content (AvgIpc) is 2.43. The summed E-state index contributed by atoms with van der Waals surface area (Å²) in [7, 11) is 0. The van der Waals surface area contributed by atoms with Crippen LogP contribution in [0, 0.1) is 5.92 Å². The second-order valence-corrected chi connectivity index (χ2v) is 5.79. The van der Waals surface area contributed by atoms with Crippen molar-refractivity contribution in [2.24, 2.45) is 5.92 Å². The first-order valence-corrected chi connectivity index (χ1v) is 7.44. The molecule has 1 saturated carbocycles. The van der Waals surface area contributed by atoms with Crippen LogP contribution in [0.3, 0.4) is 0 Å². The summed E-state index contributed by atoms with van der Waals surface area (Å²) in [6, 6.07) is 0. The smallest absolute Gasteiger partial charge is 0.243 e. The van der Waals surface area contributed by atoms with Crippen LogP contribution in [-0.4, -0.2) is 37.1 Å². The molecule has 5 nitrogen and oxygen atoms in total. The van der Waals surface area contributed by atoms with Crippen molar-refractivity contribution in [1.82, 2.24) is 10.6 Å². The van der Waals surface area contributed by atoms with Gasteiger partial charge in [0.15, 0.2) is 0 Å². The molecule has 0 aromatic rings. The van der Waals surface area contributed by atoms with Gasteiger partial charge in [-0.25, -0.2) is 0 Å². The molecule has 2 rings (SSSR count). The zero-order valence-corrected chi connectivity index (χ0v) is 12.0. The van der Waals surface area contributed by atoms with Gasteiger partial charge in [0.25, 0.3) is 0 Å². The van der Waals surface area contributed by atoms with Crippen LogP contribution in [0.15, 0.2) is 12.7 Å². The summed E-state index contributed by atoms with van der Waals surface area (Å²) in [5.41, 5.74) is 0.131. The van der Waals surface area contributed by atoms with Crippen LogP contribution in [-0.2, 0) is 14.3 Å². The lowest BCUT2D eigenvalue weighted by Crippen LogP contribution is -2.47. The number of nitrogens with one attached hydrogen (secondary N) is 2. The molecule has 2 fully saturated rings. The van der Waals surface area contributed by atoms with E-state index in [1.165, 1.54) is 25.3 Å². The van der Waals surface area contributed by atoms with E-state index in [9.17, 15) is 9.59 Å². The Morgan fingerprint density at radius 1 is 1.35 bits per heavy atom. The van der Waals surface area contributed by atoms with Crippen molar-refractivity contribution in [3.8, 4) is 0 Å². The summed E-state index contributed by atoms with van der Waals surface area (Å²) in [6.45, 7) is 5.25. The van der Waals surface area contributed by atoms with Crippen molar-refractivity contribution >= 4 is 11.8 Å². The minimum atomic E-state index is -0.242. The molecule has 0 radical (unpaired) electrons. The fraction of sp³-hybridized carbons (Fsp3) is 0.733. The van der Waals surface area contributed by atoms with Crippen LogP contribution in [0.25, 0.3) is 0 Å². The fourth-order valence-corrected chi connectivity index (χ4v) is 2.94. The van der Waals surface area contributed by atoms with E-state index in [4.69, 9.17) is 4.74 Å². The lowest BCUT2D eigenvalue weighted by molar-refractivity contribution is -0.144. The molecule has 0 bridgehead atoms. The number of amides is 2. The van der Waals surface area contributed by atoms with Crippen molar-refractivity contribution < 1.29 is 14.3 Å². The average molecular weight is 280 g/mol. The summed E-state index contributed by atoms with van der Waals surface area (Å²) in [5.74, 6) is 0.272. The third kappa shape index (κ3) is 4.07. The minimum Gasteiger partial charge on any atom is -0.375 e. The largest absolute Gasteiger partial charge is 0.375 e. The van der Waals surface area contributed by atoms with E-state index in [1.54, 1.807) is 0 Å². The lowest BCUT2D eigenvalue weighted by atomic mass is 9.72. The van der Waals surface area contributed by atoms with Gasteiger partial charge < -0.3 is 15.4 Å². The monoisotopic (exact) mass is 280 g/mol.